The van der Waals surface area contributed by atoms with Gasteiger partial charge in [-0.2, -0.15) is 0 Å². The Morgan fingerprint density at radius 2 is 2.17 bits per heavy atom. The minimum absolute atomic E-state index is 0.0542. The third kappa shape index (κ3) is 4.52. The molecule has 0 radical (unpaired) electrons. The van der Waals surface area contributed by atoms with E-state index in [1.807, 2.05) is 0 Å². The van der Waals surface area contributed by atoms with Crippen molar-refractivity contribution in [2.24, 2.45) is 5.73 Å². The average molecular weight is 251 g/mol. The monoisotopic (exact) mass is 251 g/mol. The molecule has 1 aromatic carbocycles. The van der Waals surface area contributed by atoms with Crippen LogP contribution in [0.4, 0.5) is 5.69 Å². The molecule has 18 heavy (non-hydrogen) atoms. The Labute approximate surface area is 105 Å². The fourth-order valence-electron chi connectivity index (χ4n) is 1.33. The fraction of sp³-hybridized carbons (Fsp3) is 0.333. The van der Waals surface area contributed by atoms with Gasteiger partial charge in [0, 0.05) is 24.8 Å². The molecular formula is C12H17N3O3. The number of hydrogen-bond donors (Lipinski definition) is 3. The number of carbonyl (C=O) groups excluding carboxylic acids is 2. The molecule has 0 aliphatic carbocycles. The standard InChI is InChI=1S/C12H17N3O3/c1-14-12(17)9-3-2-4-10(7-9)15-11(16)8-18-6-5-13/h2-4,7H,5-6,8,13H2,1H3,(H,14,17)(H,15,16). The van der Waals surface area contributed by atoms with E-state index in [1.165, 1.54) is 0 Å². The van der Waals surface area contributed by atoms with Crippen LogP contribution in [0.3, 0.4) is 0 Å². The summed E-state index contributed by atoms with van der Waals surface area (Å²) >= 11 is 0. The van der Waals surface area contributed by atoms with E-state index in [1.54, 1.807) is 31.3 Å². The summed E-state index contributed by atoms with van der Waals surface area (Å²) in [7, 11) is 1.55. The summed E-state index contributed by atoms with van der Waals surface area (Å²) in [6, 6.07) is 6.66. The molecule has 0 atom stereocenters. The van der Waals surface area contributed by atoms with Crippen LogP contribution in [0.1, 0.15) is 10.4 Å². The number of amides is 2. The number of hydrogen-bond acceptors (Lipinski definition) is 4. The lowest BCUT2D eigenvalue weighted by atomic mass is 10.2. The van der Waals surface area contributed by atoms with Gasteiger partial charge in [-0.3, -0.25) is 9.59 Å². The van der Waals surface area contributed by atoms with Gasteiger partial charge in [0.15, 0.2) is 0 Å². The van der Waals surface area contributed by atoms with Gasteiger partial charge < -0.3 is 21.1 Å². The summed E-state index contributed by atoms with van der Waals surface area (Å²) < 4.78 is 5.00. The smallest absolute Gasteiger partial charge is 0.251 e. The van der Waals surface area contributed by atoms with E-state index in [0.29, 0.717) is 24.4 Å². The molecule has 98 valence electrons. The zero-order chi connectivity index (χ0) is 13.4. The maximum atomic E-state index is 11.5. The summed E-state index contributed by atoms with van der Waals surface area (Å²) in [6.07, 6.45) is 0. The van der Waals surface area contributed by atoms with E-state index in [-0.39, 0.29) is 18.4 Å². The molecule has 4 N–H and O–H groups in total. The molecule has 0 spiro atoms. The lowest BCUT2D eigenvalue weighted by Crippen LogP contribution is -2.21. The fourth-order valence-corrected chi connectivity index (χ4v) is 1.33. The number of nitrogens with one attached hydrogen (secondary N) is 2. The molecular weight excluding hydrogens is 234 g/mol. The first-order valence-electron chi connectivity index (χ1n) is 5.57. The minimum atomic E-state index is -0.280. The highest BCUT2D eigenvalue weighted by Gasteiger charge is 2.06. The highest BCUT2D eigenvalue weighted by Crippen LogP contribution is 2.10. The van der Waals surface area contributed by atoms with Crippen molar-refractivity contribution in [3.8, 4) is 0 Å². The zero-order valence-electron chi connectivity index (χ0n) is 10.2. The number of carbonyl (C=O) groups is 2. The third-order valence-electron chi connectivity index (χ3n) is 2.13. The molecule has 6 heteroatoms. The topological polar surface area (TPSA) is 93.5 Å². The number of rotatable bonds is 6. The second-order valence-corrected chi connectivity index (χ2v) is 3.55. The predicted octanol–water partition coefficient (Wildman–Crippen LogP) is -0.0400. The largest absolute Gasteiger partial charge is 0.370 e. The minimum Gasteiger partial charge on any atom is -0.370 e. The molecule has 0 aliphatic rings. The van der Waals surface area contributed by atoms with Gasteiger partial charge in [0.25, 0.3) is 5.91 Å². The van der Waals surface area contributed by atoms with Crippen molar-refractivity contribution in [1.29, 1.82) is 0 Å². The van der Waals surface area contributed by atoms with Crippen molar-refractivity contribution in [2.75, 3.05) is 32.1 Å². The second-order valence-electron chi connectivity index (χ2n) is 3.55. The molecule has 0 fully saturated rings. The second kappa shape index (κ2) is 7.41. The molecule has 1 rings (SSSR count). The quantitative estimate of drug-likeness (QED) is 0.618. The van der Waals surface area contributed by atoms with Gasteiger partial charge >= 0.3 is 0 Å². The molecule has 1 aromatic rings. The summed E-state index contributed by atoms with van der Waals surface area (Å²) in [5.74, 6) is -0.483. The lowest BCUT2D eigenvalue weighted by Gasteiger charge is -2.07. The van der Waals surface area contributed by atoms with E-state index in [9.17, 15) is 9.59 Å². The Morgan fingerprint density at radius 3 is 2.83 bits per heavy atom. The SMILES string of the molecule is CNC(=O)c1cccc(NC(=O)COCCN)c1. The summed E-state index contributed by atoms with van der Waals surface area (Å²) in [6.45, 7) is 0.659. The Morgan fingerprint density at radius 1 is 1.39 bits per heavy atom. The normalized spacial score (nSPS) is 9.89. The van der Waals surface area contributed by atoms with Crippen molar-refractivity contribution < 1.29 is 14.3 Å². The van der Waals surface area contributed by atoms with Gasteiger partial charge in [0.1, 0.15) is 6.61 Å². The Hall–Kier alpha value is -1.92. The lowest BCUT2D eigenvalue weighted by molar-refractivity contribution is -0.120. The van der Waals surface area contributed by atoms with Crippen LogP contribution in [0, 0.1) is 0 Å². The van der Waals surface area contributed by atoms with Crippen molar-refractivity contribution in [3.63, 3.8) is 0 Å². The summed E-state index contributed by atoms with van der Waals surface area (Å²) in [4.78, 5) is 22.9. The number of benzene rings is 1. The molecule has 0 aromatic heterocycles. The van der Waals surface area contributed by atoms with Crippen LogP contribution in [0.25, 0.3) is 0 Å². The van der Waals surface area contributed by atoms with E-state index in [4.69, 9.17) is 10.5 Å². The van der Waals surface area contributed by atoms with E-state index < -0.39 is 0 Å². The summed E-state index contributed by atoms with van der Waals surface area (Å²) in [5.41, 5.74) is 6.27. The van der Waals surface area contributed by atoms with Crippen LogP contribution in [0.5, 0.6) is 0 Å². The van der Waals surface area contributed by atoms with Crippen LogP contribution in [0.15, 0.2) is 24.3 Å². The van der Waals surface area contributed by atoms with Gasteiger partial charge in [0.05, 0.1) is 6.61 Å². The van der Waals surface area contributed by atoms with Crippen LogP contribution in [-0.4, -0.2) is 38.6 Å². The van der Waals surface area contributed by atoms with Crippen LogP contribution in [-0.2, 0) is 9.53 Å². The third-order valence-corrected chi connectivity index (χ3v) is 2.13. The number of ether oxygens (including phenoxy) is 1. The van der Waals surface area contributed by atoms with E-state index >= 15 is 0 Å². The highest BCUT2D eigenvalue weighted by atomic mass is 16.5. The van der Waals surface area contributed by atoms with Crippen molar-refractivity contribution in [3.05, 3.63) is 29.8 Å². The van der Waals surface area contributed by atoms with Crippen molar-refractivity contribution >= 4 is 17.5 Å². The first-order valence-corrected chi connectivity index (χ1v) is 5.57. The maximum absolute atomic E-state index is 11.5. The van der Waals surface area contributed by atoms with Gasteiger partial charge in [-0.05, 0) is 18.2 Å². The van der Waals surface area contributed by atoms with Crippen molar-refractivity contribution in [2.45, 2.75) is 0 Å². The highest BCUT2D eigenvalue weighted by molar-refractivity contribution is 5.97. The molecule has 0 unspecified atom stereocenters. The predicted molar refractivity (Wildman–Crippen MR) is 68.3 cm³/mol. The molecule has 0 aliphatic heterocycles. The maximum Gasteiger partial charge on any atom is 0.251 e. The molecule has 0 bridgehead atoms. The summed E-state index contributed by atoms with van der Waals surface area (Å²) in [5, 5.41) is 5.15. The van der Waals surface area contributed by atoms with Gasteiger partial charge in [-0.25, -0.2) is 0 Å². The Kier molecular flexibility index (Phi) is 5.83. The first-order chi connectivity index (χ1) is 8.67. The van der Waals surface area contributed by atoms with E-state index in [0.717, 1.165) is 0 Å². The Bertz CT molecular complexity index is 421. The Balaban J connectivity index is 2.56. The molecule has 2 amide bonds. The van der Waals surface area contributed by atoms with Gasteiger partial charge in [0.2, 0.25) is 5.91 Å². The van der Waals surface area contributed by atoms with Gasteiger partial charge in [-0.15, -0.1) is 0 Å². The number of nitrogens with two attached hydrogens (primary N) is 1. The van der Waals surface area contributed by atoms with Crippen molar-refractivity contribution in [1.82, 2.24) is 5.32 Å². The average Bonchev–Trinajstić information content (AvgIpc) is 2.38. The first kappa shape index (κ1) is 14.1. The van der Waals surface area contributed by atoms with E-state index in [2.05, 4.69) is 10.6 Å². The van der Waals surface area contributed by atoms with Crippen LogP contribution < -0.4 is 16.4 Å². The van der Waals surface area contributed by atoms with Crippen LogP contribution >= 0.6 is 0 Å². The molecule has 0 heterocycles. The number of anilines is 1. The van der Waals surface area contributed by atoms with Gasteiger partial charge in [-0.1, -0.05) is 6.07 Å². The molecule has 0 saturated heterocycles. The van der Waals surface area contributed by atoms with Crippen LogP contribution in [0.2, 0.25) is 0 Å². The molecule has 6 nitrogen and oxygen atoms in total. The zero-order valence-corrected chi connectivity index (χ0v) is 10.2. The molecule has 0 saturated carbocycles.